The molecule has 1 aliphatic rings. The third-order valence-electron chi connectivity index (χ3n) is 4.02. The van der Waals surface area contributed by atoms with Crippen LogP contribution in [-0.4, -0.2) is 53.7 Å². The summed E-state index contributed by atoms with van der Waals surface area (Å²) < 4.78 is 10.9. The minimum atomic E-state index is -0.473. The van der Waals surface area contributed by atoms with E-state index in [-0.39, 0.29) is 18.5 Å². The van der Waals surface area contributed by atoms with Crippen molar-refractivity contribution < 1.29 is 19.1 Å². The van der Waals surface area contributed by atoms with Crippen molar-refractivity contribution in [1.82, 2.24) is 9.88 Å². The van der Waals surface area contributed by atoms with Crippen LogP contribution in [0.2, 0.25) is 0 Å². The highest BCUT2D eigenvalue weighted by atomic mass is 16.6. The lowest BCUT2D eigenvalue weighted by atomic mass is 9.95. The van der Waals surface area contributed by atoms with Crippen LogP contribution in [0.25, 0.3) is 0 Å². The summed E-state index contributed by atoms with van der Waals surface area (Å²) in [7, 11) is 0. The molecule has 6 heteroatoms. The summed E-state index contributed by atoms with van der Waals surface area (Å²) in [6, 6.07) is 5.25. The van der Waals surface area contributed by atoms with Crippen LogP contribution < -0.4 is 0 Å². The van der Waals surface area contributed by atoms with E-state index in [0.29, 0.717) is 24.8 Å². The van der Waals surface area contributed by atoms with Gasteiger partial charge in [0, 0.05) is 25.9 Å². The van der Waals surface area contributed by atoms with Gasteiger partial charge in [-0.05, 0) is 58.1 Å². The highest BCUT2D eigenvalue weighted by molar-refractivity contribution is 5.95. The van der Waals surface area contributed by atoms with Gasteiger partial charge in [-0.3, -0.25) is 9.78 Å². The summed E-state index contributed by atoms with van der Waals surface area (Å²) in [6.07, 6.45) is 4.21. The molecular formula is C19H28N2O4. The average molecular weight is 348 g/mol. The van der Waals surface area contributed by atoms with E-state index in [1.165, 1.54) is 0 Å². The first-order valence-electron chi connectivity index (χ1n) is 8.85. The largest absolute Gasteiger partial charge is 0.444 e. The van der Waals surface area contributed by atoms with E-state index < -0.39 is 5.60 Å². The Morgan fingerprint density at radius 3 is 2.80 bits per heavy atom. The summed E-state index contributed by atoms with van der Waals surface area (Å²) in [5.41, 5.74) is -0.0461. The molecule has 0 N–H and O–H groups in total. The molecule has 0 saturated carbocycles. The quantitative estimate of drug-likeness (QED) is 0.583. The molecule has 1 fully saturated rings. The second-order valence-corrected chi connectivity index (χ2v) is 7.41. The Kier molecular flexibility index (Phi) is 6.93. The van der Waals surface area contributed by atoms with Gasteiger partial charge in [-0.2, -0.15) is 0 Å². The van der Waals surface area contributed by atoms with Gasteiger partial charge < -0.3 is 14.4 Å². The van der Waals surface area contributed by atoms with E-state index in [4.69, 9.17) is 9.47 Å². The van der Waals surface area contributed by atoms with E-state index in [1.807, 2.05) is 20.8 Å². The van der Waals surface area contributed by atoms with E-state index in [2.05, 4.69) is 4.98 Å². The fourth-order valence-electron chi connectivity index (χ4n) is 2.81. The smallest absolute Gasteiger partial charge is 0.410 e. The molecule has 2 rings (SSSR count). The van der Waals surface area contributed by atoms with Crippen LogP contribution in [-0.2, 0) is 9.47 Å². The van der Waals surface area contributed by atoms with E-state index in [9.17, 15) is 9.59 Å². The topological polar surface area (TPSA) is 68.7 Å². The number of amides is 1. The zero-order chi connectivity index (χ0) is 18.3. The fourth-order valence-corrected chi connectivity index (χ4v) is 2.81. The van der Waals surface area contributed by atoms with Gasteiger partial charge in [0.05, 0.1) is 0 Å². The molecule has 1 aromatic heterocycles. The number of hydrogen-bond donors (Lipinski definition) is 0. The fraction of sp³-hybridized carbons (Fsp3) is 0.632. The maximum absolute atomic E-state index is 12.2. The van der Waals surface area contributed by atoms with Crippen molar-refractivity contribution in [2.45, 2.75) is 45.6 Å². The summed E-state index contributed by atoms with van der Waals surface area (Å²) in [6.45, 7) is 7.60. The minimum absolute atomic E-state index is 0.0412. The summed E-state index contributed by atoms with van der Waals surface area (Å²) >= 11 is 0. The van der Waals surface area contributed by atoms with E-state index >= 15 is 0 Å². The van der Waals surface area contributed by atoms with Gasteiger partial charge in [-0.15, -0.1) is 0 Å². The summed E-state index contributed by atoms with van der Waals surface area (Å²) in [5.74, 6) is 0.269. The lowest BCUT2D eigenvalue weighted by Gasteiger charge is -2.34. The zero-order valence-corrected chi connectivity index (χ0v) is 15.4. The molecule has 0 aliphatic carbocycles. The molecule has 25 heavy (non-hydrogen) atoms. The molecule has 1 aromatic rings. The molecule has 138 valence electrons. The number of pyridine rings is 1. The predicted molar refractivity (Wildman–Crippen MR) is 94.5 cm³/mol. The first kappa shape index (κ1) is 19.4. The first-order chi connectivity index (χ1) is 11.8. The number of carbonyl (C=O) groups excluding carboxylic acids is 2. The number of carbonyl (C=O) groups is 2. The van der Waals surface area contributed by atoms with E-state index in [0.717, 1.165) is 25.8 Å². The third-order valence-corrected chi connectivity index (χ3v) is 4.02. The Labute approximate surface area is 149 Å². The van der Waals surface area contributed by atoms with Crippen molar-refractivity contribution in [1.29, 1.82) is 0 Å². The Morgan fingerprint density at radius 1 is 1.32 bits per heavy atom. The minimum Gasteiger partial charge on any atom is -0.444 e. The van der Waals surface area contributed by atoms with Crippen molar-refractivity contribution in [2.75, 3.05) is 26.3 Å². The van der Waals surface area contributed by atoms with Gasteiger partial charge in [-0.1, -0.05) is 6.07 Å². The van der Waals surface area contributed by atoms with E-state index in [1.54, 1.807) is 29.3 Å². The molecule has 0 radical (unpaired) electrons. The molecule has 1 atom stereocenters. The van der Waals surface area contributed by atoms with Gasteiger partial charge in [0.15, 0.2) is 0 Å². The average Bonchev–Trinajstić information content (AvgIpc) is 2.58. The van der Waals surface area contributed by atoms with Crippen molar-refractivity contribution >= 4 is 11.9 Å². The van der Waals surface area contributed by atoms with Gasteiger partial charge in [0.25, 0.3) is 0 Å². The Balaban J connectivity index is 1.69. The first-order valence-corrected chi connectivity index (χ1v) is 8.85. The van der Waals surface area contributed by atoms with Crippen LogP contribution >= 0.6 is 0 Å². The number of nitrogens with zero attached hydrogens (tertiary/aromatic N) is 2. The van der Waals surface area contributed by atoms with Crippen LogP contribution in [0.4, 0.5) is 4.79 Å². The molecule has 0 aromatic carbocycles. The second kappa shape index (κ2) is 8.94. The number of ether oxygens (including phenoxy) is 2. The highest BCUT2D eigenvalue weighted by Gasteiger charge is 2.27. The van der Waals surface area contributed by atoms with Crippen LogP contribution in [0.5, 0.6) is 0 Å². The van der Waals surface area contributed by atoms with Crippen molar-refractivity contribution in [3.8, 4) is 0 Å². The molecule has 0 spiro atoms. The number of ketones is 1. The number of likely N-dealkylation sites (tertiary alicyclic amines) is 1. The molecule has 6 nitrogen and oxygen atoms in total. The monoisotopic (exact) mass is 348 g/mol. The maximum atomic E-state index is 12.2. The molecule has 1 amide bonds. The number of hydrogen-bond acceptors (Lipinski definition) is 5. The normalized spacial score (nSPS) is 18.0. The Morgan fingerprint density at radius 2 is 2.12 bits per heavy atom. The van der Waals surface area contributed by atoms with Crippen LogP contribution in [0.1, 0.15) is 50.5 Å². The van der Waals surface area contributed by atoms with Crippen LogP contribution in [0, 0.1) is 5.92 Å². The van der Waals surface area contributed by atoms with Gasteiger partial charge >= 0.3 is 6.09 Å². The molecular weight excluding hydrogens is 320 g/mol. The summed E-state index contributed by atoms with van der Waals surface area (Å²) in [5, 5.41) is 0. The highest BCUT2D eigenvalue weighted by Crippen LogP contribution is 2.21. The van der Waals surface area contributed by atoms with Gasteiger partial charge in [-0.25, -0.2) is 4.79 Å². The third kappa shape index (κ3) is 6.82. The molecule has 1 unspecified atom stereocenters. The standard InChI is InChI=1S/C19H28N2O4/c1-19(2,3)25-18(23)21-11-6-7-15(13-21)9-12-24-14-17(22)16-8-4-5-10-20-16/h4-5,8,10,15H,6-7,9,11-14H2,1-3H3. The zero-order valence-electron chi connectivity index (χ0n) is 15.4. The predicted octanol–water partition coefficient (Wildman–Crippen LogP) is 3.32. The lowest BCUT2D eigenvalue weighted by molar-refractivity contribution is 0.0141. The SMILES string of the molecule is CC(C)(C)OC(=O)N1CCCC(CCOCC(=O)c2ccccn2)C1. The number of aromatic nitrogens is 1. The summed E-state index contributed by atoms with van der Waals surface area (Å²) in [4.78, 5) is 29.9. The van der Waals surface area contributed by atoms with Crippen molar-refractivity contribution in [3.05, 3.63) is 30.1 Å². The molecule has 1 aliphatic heterocycles. The molecule has 1 saturated heterocycles. The Hall–Kier alpha value is -1.95. The second-order valence-electron chi connectivity index (χ2n) is 7.41. The molecule has 0 bridgehead atoms. The van der Waals surface area contributed by atoms with Crippen molar-refractivity contribution in [2.24, 2.45) is 5.92 Å². The molecule has 2 heterocycles. The number of piperidine rings is 1. The van der Waals surface area contributed by atoms with Gasteiger partial charge in [0.1, 0.15) is 17.9 Å². The Bertz CT molecular complexity index is 569. The van der Waals surface area contributed by atoms with Crippen LogP contribution in [0.15, 0.2) is 24.4 Å². The number of Topliss-reactive ketones (excluding diaryl/α,β-unsaturated/α-hetero) is 1. The lowest BCUT2D eigenvalue weighted by Crippen LogP contribution is -2.43. The van der Waals surface area contributed by atoms with Gasteiger partial charge in [0.2, 0.25) is 5.78 Å². The number of rotatable bonds is 6. The van der Waals surface area contributed by atoms with Crippen LogP contribution in [0.3, 0.4) is 0 Å². The maximum Gasteiger partial charge on any atom is 0.410 e. The van der Waals surface area contributed by atoms with Crippen molar-refractivity contribution in [3.63, 3.8) is 0 Å².